The summed E-state index contributed by atoms with van der Waals surface area (Å²) in [5.41, 5.74) is 9.19. The van der Waals surface area contributed by atoms with E-state index in [1.165, 1.54) is 0 Å². The number of hydrogen-bond acceptors (Lipinski definition) is 3. The average Bonchev–Trinajstić information content (AvgIpc) is 2.43. The SMILES string of the molecule is Cc1cc(OCC(=O)Nc2ccccc2C)ccc1N. The number of aryl methyl sites for hydroxylation is 2. The van der Waals surface area contributed by atoms with Crippen molar-refractivity contribution in [1.82, 2.24) is 0 Å². The van der Waals surface area contributed by atoms with Crippen molar-refractivity contribution in [3.8, 4) is 5.75 Å². The number of nitrogens with two attached hydrogens (primary N) is 1. The smallest absolute Gasteiger partial charge is 0.262 e. The number of hydrogen-bond donors (Lipinski definition) is 2. The molecule has 0 aliphatic carbocycles. The van der Waals surface area contributed by atoms with Crippen LogP contribution in [-0.2, 0) is 4.79 Å². The number of nitrogens with one attached hydrogen (secondary N) is 1. The summed E-state index contributed by atoms with van der Waals surface area (Å²) in [7, 11) is 0. The molecule has 1 amide bonds. The highest BCUT2D eigenvalue weighted by atomic mass is 16.5. The fourth-order valence-electron chi connectivity index (χ4n) is 1.79. The third-order valence-electron chi connectivity index (χ3n) is 3.03. The molecular weight excluding hydrogens is 252 g/mol. The van der Waals surface area contributed by atoms with Crippen molar-refractivity contribution in [2.75, 3.05) is 17.7 Å². The van der Waals surface area contributed by atoms with E-state index >= 15 is 0 Å². The highest BCUT2D eigenvalue weighted by Gasteiger charge is 2.06. The number of rotatable bonds is 4. The van der Waals surface area contributed by atoms with E-state index in [1.807, 2.05) is 44.2 Å². The van der Waals surface area contributed by atoms with Crippen LogP contribution in [0.25, 0.3) is 0 Å². The van der Waals surface area contributed by atoms with Crippen molar-refractivity contribution in [3.63, 3.8) is 0 Å². The van der Waals surface area contributed by atoms with Crippen LogP contribution in [-0.4, -0.2) is 12.5 Å². The van der Waals surface area contributed by atoms with E-state index < -0.39 is 0 Å². The minimum absolute atomic E-state index is 0.0301. The molecular formula is C16H18N2O2. The van der Waals surface area contributed by atoms with E-state index in [4.69, 9.17) is 10.5 Å². The molecule has 0 fully saturated rings. The number of benzene rings is 2. The number of ether oxygens (including phenoxy) is 1. The molecule has 2 aromatic rings. The fraction of sp³-hybridized carbons (Fsp3) is 0.188. The maximum absolute atomic E-state index is 11.8. The Morgan fingerprint density at radius 1 is 1.15 bits per heavy atom. The van der Waals surface area contributed by atoms with E-state index in [9.17, 15) is 4.79 Å². The zero-order valence-electron chi connectivity index (χ0n) is 11.6. The number of anilines is 2. The van der Waals surface area contributed by atoms with Crippen LogP contribution in [0.15, 0.2) is 42.5 Å². The quantitative estimate of drug-likeness (QED) is 0.840. The molecule has 2 aromatic carbocycles. The van der Waals surface area contributed by atoms with Gasteiger partial charge < -0.3 is 15.8 Å². The summed E-state index contributed by atoms with van der Waals surface area (Å²) in [5.74, 6) is 0.449. The van der Waals surface area contributed by atoms with Gasteiger partial charge in [0, 0.05) is 11.4 Å². The molecule has 0 saturated heterocycles. The van der Waals surface area contributed by atoms with Crippen LogP contribution >= 0.6 is 0 Å². The van der Waals surface area contributed by atoms with Gasteiger partial charge >= 0.3 is 0 Å². The predicted molar refractivity (Wildman–Crippen MR) is 80.9 cm³/mol. The van der Waals surface area contributed by atoms with E-state index in [2.05, 4.69) is 5.32 Å². The highest BCUT2D eigenvalue weighted by Crippen LogP contribution is 2.18. The molecule has 0 heterocycles. The molecule has 0 aliphatic rings. The maximum atomic E-state index is 11.8. The second-order valence-electron chi connectivity index (χ2n) is 4.67. The van der Waals surface area contributed by atoms with Gasteiger partial charge in [-0.1, -0.05) is 18.2 Å². The summed E-state index contributed by atoms with van der Waals surface area (Å²) >= 11 is 0. The van der Waals surface area contributed by atoms with Gasteiger partial charge in [0.05, 0.1) is 0 Å². The van der Waals surface area contributed by atoms with E-state index in [0.29, 0.717) is 11.4 Å². The molecule has 0 saturated carbocycles. The summed E-state index contributed by atoms with van der Waals surface area (Å²) in [6, 6.07) is 13.0. The molecule has 4 heteroatoms. The summed E-state index contributed by atoms with van der Waals surface area (Å²) in [6.45, 7) is 3.81. The van der Waals surface area contributed by atoms with Crippen molar-refractivity contribution in [3.05, 3.63) is 53.6 Å². The molecule has 104 valence electrons. The molecule has 0 unspecified atom stereocenters. The summed E-state index contributed by atoms with van der Waals surface area (Å²) in [5, 5.41) is 2.82. The van der Waals surface area contributed by atoms with Crippen LogP contribution in [0.4, 0.5) is 11.4 Å². The first-order valence-electron chi connectivity index (χ1n) is 6.40. The second-order valence-corrected chi connectivity index (χ2v) is 4.67. The van der Waals surface area contributed by atoms with Gasteiger partial charge in [0.2, 0.25) is 0 Å². The Morgan fingerprint density at radius 3 is 2.60 bits per heavy atom. The lowest BCUT2D eigenvalue weighted by Gasteiger charge is -2.10. The van der Waals surface area contributed by atoms with Gasteiger partial charge in [-0.15, -0.1) is 0 Å². The molecule has 0 atom stereocenters. The number of carbonyl (C=O) groups is 1. The molecule has 4 nitrogen and oxygen atoms in total. The first-order valence-corrected chi connectivity index (χ1v) is 6.40. The standard InChI is InChI=1S/C16H18N2O2/c1-11-5-3-4-6-15(11)18-16(19)10-20-13-7-8-14(17)12(2)9-13/h3-9H,10,17H2,1-2H3,(H,18,19). The molecule has 3 N–H and O–H groups in total. The van der Waals surface area contributed by atoms with Gasteiger partial charge in [-0.25, -0.2) is 0 Å². The number of carbonyl (C=O) groups excluding carboxylic acids is 1. The number of para-hydroxylation sites is 1. The second kappa shape index (κ2) is 6.10. The number of nitrogen functional groups attached to an aromatic ring is 1. The zero-order chi connectivity index (χ0) is 14.5. The Hall–Kier alpha value is -2.49. The Kier molecular flexibility index (Phi) is 4.25. The minimum atomic E-state index is -0.186. The topological polar surface area (TPSA) is 64.3 Å². The monoisotopic (exact) mass is 270 g/mol. The minimum Gasteiger partial charge on any atom is -0.484 e. The van der Waals surface area contributed by atoms with E-state index in [0.717, 1.165) is 16.8 Å². The van der Waals surface area contributed by atoms with Crippen LogP contribution < -0.4 is 15.8 Å². The van der Waals surface area contributed by atoms with Gasteiger partial charge in [0.25, 0.3) is 5.91 Å². The largest absolute Gasteiger partial charge is 0.484 e. The summed E-state index contributed by atoms with van der Waals surface area (Å²) < 4.78 is 5.45. The predicted octanol–water partition coefficient (Wildman–Crippen LogP) is 2.90. The van der Waals surface area contributed by atoms with E-state index in [1.54, 1.807) is 12.1 Å². The first-order chi connectivity index (χ1) is 9.56. The van der Waals surface area contributed by atoms with Gasteiger partial charge in [-0.2, -0.15) is 0 Å². The lowest BCUT2D eigenvalue weighted by molar-refractivity contribution is -0.118. The van der Waals surface area contributed by atoms with Gasteiger partial charge in [0.1, 0.15) is 5.75 Å². The van der Waals surface area contributed by atoms with Crippen LogP contribution in [0.3, 0.4) is 0 Å². The highest BCUT2D eigenvalue weighted by molar-refractivity contribution is 5.92. The Labute approximate surface area is 118 Å². The lowest BCUT2D eigenvalue weighted by Crippen LogP contribution is -2.20. The van der Waals surface area contributed by atoms with E-state index in [-0.39, 0.29) is 12.5 Å². The van der Waals surface area contributed by atoms with Gasteiger partial charge in [-0.3, -0.25) is 4.79 Å². The third-order valence-corrected chi connectivity index (χ3v) is 3.03. The van der Waals surface area contributed by atoms with Crippen molar-refractivity contribution in [2.24, 2.45) is 0 Å². The van der Waals surface area contributed by atoms with Crippen molar-refractivity contribution in [2.45, 2.75) is 13.8 Å². The summed E-state index contributed by atoms with van der Waals surface area (Å²) in [6.07, 6.45) is 0. The fourth-order valence-corrected chi connectivity index (χ4v) is 1.79. The normalized spacial score (nSPS) is 10.1. The Balaban J connectivity index is 1.92. The molecule has 0 spiro atoms. The van der Waals surface area contributed by atoms with Crippen LogP contribution in [0.5, 0.6) is 5.75 Å². The third kappa shape index (κ3) is 3.51. The summed E-state index contributed by atoms with van der Waals surface area (Å²) in [4.78, 5) is 11.8. The number of amides is 1. The Bertz CT molecular complexity index is 624. The zero-order valence-corrected chi connectivity index (χ0v) is 11.6. The van der Waals surface area contributed by atoms with Gasteiger partial charge in [-0.05, 0) is 49.2 Å². The van der Waals surface area contributed by atoms with Gasteiger partial charge in [0.15, 0.2) is 6.61 Å². The lowest BCUT2D eigenvalue weighted by atomic mass is 10.2. The van der Waals surface area contributed by atoms with Crippen molar-refractivity contribution in [1.29, 1.82) is 0 Å². The van der Waals surface area contributed by atoms with Crippen molar-refractivity contribution < 1.29 is 9.53 Å². The Morgan fingerprint density at radius 2 is 1.90 bits per heavy atom. The average molecular weight is 270 g/mol. The molecule has 0 radical (unpaired) electrons. The van der Waals surface area contributed by atoms with Crippen LogP contribution in [0.2, 0.25) is 0 Å². The molecule has 0 aliphatic heterocycles. The van der Waals surface area contributed by atoms with Crippen LogP contribution in [0, 0.1) is 13.8 Å². The molecule has 2 rings (SSSR count). The van der Waals surface area contributed by atoms with Crippen molar-refractivity contribution >= 4 is 17.3 Å². The molecule has 20 heavy (non-hydrogen) atoms. The molecule has 0 aromatic heterocycles. The molecule has 0 bridgehead atoms. The maximum Gasteiger partial charge on any atom is 0.262 e. The van der Waals surface area contributed by atoms with Crippen LogP contribution in [0.1, 0.15) is 11.1 Å². The first kappa shape index (κ1) is 13.9.